The summed E-state index contributed by atoms with van der Waals surface area (Å²) in [4.78, 5) is 28.9. The molecule has 0 bridgehead atoms. The summed E-state index contributed by atoms with van der Waals surface area (Å²) >= 11 is 1.90. The summed E-state index contributed by atoms with van der Waals surface area (Å²) in [7, 11) is 0. The van der Waals surface area contributed by atoms with Crippen molar-refractivity contribution in [3.8, 4) is 5.00 Å². The first-order chi connectivity index (χ1) is 16.1. The molecule has 1 aliphatic carbocycles. The summed E-state index contributed by atoms with van der Waals surface area (Å²) in [5.41, 5.74) is 5.05. The molecule has 33 heavy (non-hydrogen) atoms. The average molecular weight is 464 g/mol. The zero-order valence-electron chi connectivity index (χ0n) is 19.1. The molecule has 0 saturated heterocycles. The SMILES string of the molecule is CCOC(=O)c1ccc(NC(=O)N2Cc3c(sc4c3CCCC4)-n3cccc3[C@H]2CC)cc1. The van der Waals surface area contributed by atoms with Gasteiger partial charge in [0.05, 0.1) is 24.8 Å². The Morgan fingerprint density at radius 3 is 2.64 bits per heavy atom. The minimum absolute atomic E-state index is 0.0161. The standard InChI is InChI=1S/C26H29N3O3S/c1-3-21-22-9-7-15-28(22)24-20(19-8-5-6-10-23(19)33-24)16-29(21)26(31)27-18-13-11-17(12-14-18)25(30)32-4-2/h7,9,11-15,21H,3-6,8,10,16H2,1-2H3,(H,27,31)/t21-/m1/s1. The maximum Gasteiger partial charge on any atom is 0.338 e. The number of hydrogen-bond donors (Lipinski definition) is 1. The minimum Gasteiger partial charge on any atom is -0.462 e. The second kappa shape index (κ2) is 9.06. The monoisotopic (exact) mass is 463 g/mol. The third-order valence-electron chi connectivity index (χ3n) is 6.60. The number of carbonyl (C=O) groups excluding carboxylic acids is 2. The van der Waals surface area contributed by atoms with Crippen LogP contribution in [0.2, 0.25) is 0 Å². The number of nitrogens with zero attached hydrogens (tertiary/aromatic N) is 2. The molecular formula is C26H29N3O3S. The molecule has 3 heterocycles. The molecule has 2 aliphatic rings. The van der Waals surface area contributed by atoms with E-state index in [-0.39, 0.29) is 18.0 Å². The van der Waals surface area contributed by atoms with Gasteiger partial charge in [-0.3, -0.25) is 0 Å². The van der Waals surface area contributed by atoms with E-state index >= 15 is 0 Å². The minimum atomic E-state index is -0.357. The van der Waals surface area contributed by atoms with E-state index in [2.05, 4.69) is 35.1 Å². The van der Waals surface area contributed by atoms with Gasteiger partial charge >= 0.3 is 12.0 Å². The zero-order valence-corrected chi connectivity index (χ0v) is 19.9. The van der Waals surface area contributed by atoms with Gasteiger partial charge in [0.15, 0.2) is 0 Å². The van der Waals surface area contributed by atoms with Crippen LogP contribution in [-0.4, -0.2) is 28.1 Å². The molecule has 0 fully saturated rings. The number of amides is 2. The van der Waals surface area contributed by atoms with Crippen LogP contribution in [0.15, 0.2) is 42.6 Å². The Labute approximate surface area is 198 Å². The van der Waals surface area contributed by atoms with Crippen LogP contribution >= 0.6 is 11.3 Å². The predicted molar refractivity (Wildman–Crippen MR) is 130 cm³/mol. The topological polar surface area (TPSA) is 63.6 Å². The molecule has 2 aromatic heterocycles. The second-order valence-corrected chi connectivity index (χ2v) is 9.66. The lowest BCUT2D eigenvalue weighted by Gasteiger charge is -2.30. The maximum atomic E-state index is 13.6. The Hall–Kier alpha value is -3.06. The number of hydrogen-bond acceptors (Lipinski definition) is 4. The van der Waals surface area contributed by atoms with E-state index < -0.39 is 0 Å². The van der Waals surface area contributed by atoms with Crippen molar-refractivity contribution in [1.82, 2.24) is 9.47 Å². The Bertz CT molecular complexity index is 1180. The number of rotatable bonds is 4. The van der Waals surface area contributed by atoms with Gasteiger partial charge in [-0.2, -0.15) is 0 Å². The number of benzene rings is 1. The summed E-state index contributed by atoms with van der Waals surface area (Å²) in [5.74, 6) is -0.357. The van der Waals surface area contributed by atoms with Gasteiger partial charge in [-0.25, -0.2) is 9.59 Å². The number of nitrogens with one attached hydrogen (secondary N) is 1. The molecule has 1 aliphatic heterocycles. The fourth-order valence-corrected chi connectivity index (χ4v) is 6.41. The molecule has 0 spiro atoms. The number of esters is 1. The summed E-state index contributed by atoms with van der Waals surface area (Å²) in [5, 5.41) is 4.33. The normalized spacial score (nSPS) is 16.9. The first-order valence-electron chi connectivity index (χ1n) is 11.8. The average Bonchev–Trinajstić information content (AvgIpc) is 3.42. The first-order valence-corrected chi connectivity index (χ1v) is 12.6. The molecule has 1 atom stereocenters. The van der Waals surface area contributed by atoms with Gasteiger partial charge in [-0.15, -0.1) is 11.3 Å². The van der Waals surface area contributed by atoms with Crippen LogP contribution in [0, 0.1) is 0 Å². The van der Waals surface area contributed by atoms with Gasteiger partial charge < -0.3 is 19.5 Å². The molecule has 0 saturated carbocycles. The highest BCUT2D eigenvalue weighted by Crippen LogP contribution is 2.43. The van der Waals surface area contributed by atoms with E-state index in [9.17, 15) is 9.59 Å². The number of thiophene rings is 1. The number of fused-ring (bicyclic) bond motifs is 5. The molecule has 7 heteroatoms. The van der Waals surface area contributed by atoms with Crippen LogP contribution in [0.1, 0.15) is 71.2 Å². The number of aryl methyl sites for hydroxylation is 1. The van der Waals surface area contributed by atoms with Crippen molar-refractivity contribution in [1.29, 1.82) is 0 Å². The van der Waals surface area contributed by atoms with E-state index in [0.717, 1.165) is 25.0 Å². The number of carbonyl (C=O) groups is 2. The van der Waals surface area contributed by atoms with E-state index in [1.165, 1.54) is 33.8 Å². The van der Waals surface area contributed by atoms with Gasteiger partial charge in [-0.1, -0.05) is 6.92 Å². The van der Waals surface area contributed by atoms with Crippen LogP contribution in [0.4, 0.5) is 10.5 Å². The highest BCUT2D eigenvalue weighted by Gasteiger charge is 2.34. The van der Waals surface area contributed by atoms with Crippen molar-refractivity contribution in [2.24, 2.45) is 0 Å². The van der Waals surface area contributed by atoms with Crippen LogP contribution in [-0.2, 0) is 24.1 Å². The molecule has 6 nitrogen and oxygen atoms in total. The Kier molecular flexibility index (Phi) is 5.98. The lowest BCUT2D eigenvalue weighted by molar-refractivity contribution is 0.0526. The van der Waals surface area contributed by atoms with Gasteiger partial charge in [0.25, 0.3) is 0 Å². The molecule has 0 radical (unpaired) electrons. The molecule has 3 aromatic rings. The molecule has 0 unspecified atom stereocenters. The van der Waals surface area contributed by atoms with Crippen LogP contribution in [0.5, 0.6) is 0 Å². The van der Waals surface area contributed by atoms with Gasteiger partial charge in [-0.05, 0) is 81.0 Å². The van der Waals surface area contributed by atoms with E-state index in [1.54, 1.807) is 31.2 Å². The van der Waals surface area contributed by atoms with Crippen molar-refractivity contribution < 1.29 is 14.3 Å². The molecule has 1 aromatic carbocycles. The summed E-state index contributed by atoms with van der Waals surface area (Å²) in [6.45, 7) is 4.85. The smallest absolute Gasteiger partial charge is 0.338 e. The lowest BCUT2D eigenvalue weighted by atomic mass is 9.95. The van der Waals surface area contributed by atoms with E-state index in [4.69, 9.17) is 4.74 Å². The predicted octanol–water partition coefficient (Wildman–Crippen LogP) is 6.09. The van der Waals surface area contributed by atoms with E-state index in [0.29, 0.717) is 24.4 Å². The largest absolute Gasteiger partial charge is 0.462 e. The number of anilines is 1. The molecular weight excluding hydrogens is 434 g/mol. The summed E-state index contributed by atoms with van der Waals surface area (Å²) < 4.78 is 7.35. The van der Waals surface area contributed by atoms with Gasteiger partial charge in [0.1, 0.15) is 5.00 Å². The Morgan fingerprint density at radius 2 is 1.88 bits per heavy atom. The van der Waals surface area contributed by atoms with Crippen molar-refractivity contribution in [3.05, 3.63) is 69.9 Å². The zero-order chi connectivity index (χ0) is 22.9. The molecule has 172 valence electrons. The fraction of sp³-hybridized carbons (Fsp3) is 0.385. The van der Waals surface area contributed by atoms with Gasteiger partial charge in [0.2, 0.25) is 0 Å². The molecule has 5 rings (SSSR count). The van der Waals surface area contributed by atoms with Crippen LogP contribution in [0.25, 0.3) is 5.00 Å². The van der Waals surface area contributed by atoms with Crippen LogP contribution < -0.4 is 5.32 Å². The second-order valence-electron chi connectivity index (χ2n) is 8.58. The summed E-state index contributed by atoms with van der Waals surface area (Å²) in [6, 6.07) is 11.0. The van der Waals surface area contributed by atoms with E-state index in [1.807, 2.05) is 16.2 Å². The van der Waals surface area contributed by atoms with Crippen molar-refractivity contribution in [2.75, 3.05) is 11.9 Å². The maximum absolute atomic E-state index is 13.6. The third-order valence-corrected chi connectivity index (χ3v) is 7.93. The van der Waals surface area contributed by atoms with Crippen molar-refractivity contribution in [3.63, 3.8) is 0 Å². The fourth-order valence-electron chi connectivity index (χ4n) is 5.01. The number of urea groups is 1. The highest BCUT2D eigenvalue weighted by molar-refractivity contribution is 7.15. The number of aromatic nitrogens is 1. The Balaban J connectivity index is 1.45. The Morgan fingerprint density at radius 1 is 1.09 bits per heavy atom. The van der Waals surface area contributed by atoms with Crippen molar-refractivity contribution in [2.45, 2.75) is 58.5 Å². The highest BCUT2D eigenvalue weighted by atomic mass is 32.1. The number of ether oxygens (including phenoxy) is 1. The summed E-state index contributed by atoms with van der Waals surface area (Å²) in [6.07, 6.45) is 7.66. The first kappa shape index (κ1) is 21.8. The lowest BCUT2D eigenvalue weighted by Crippen LogP contribution is -2.37. The third kappa shape index (κ3) is 3.95. The van der Waals surface area contributed by atoms with Crippen LogP contribution in [0.3, 0.4) is 0 Å². The quantitative estimate of drug-likeness (QED) is 0.476. The molecule has 2 amide bonds. The van der Waals surface area contributed by atoms with Gasteiger partial charge in [0, 0.05) is 28.0 Å². The van der Waals surface area contributed by atoms with Crippen molar-refractivity contribution >= 4 is 29.0 Å². The molecule has 1 N–H and O–H groups in total.